The van der Waals surface area contributed by atoms with Crippen molar-refractivity contribution in [1.82, 2.24) is 0 Å². The quantitative estimate of drug-likeness (QED) is 0.678. The van der Waals surface area contributed by atoms with Crippen LogP contribution in [0.2, 0.25) is 0 Å². The summed E-state index contributed by atoms with van der Waals surface area (Å²) in [6.07, 6.45) is 0. The molecule has 1 heterocycles. The first-order valence-electron chi connectivity index (χ1n) is 3.79. The number of nitrogens with two attached hydrogens (primary N) is 1. The van der Waals surface area contributed by atoms with Crippen molar-refractivity contribution < 1.29 is 14.6 Å². The fraction of sp³-hybridized carbons (Fsp3) is 0.375. The van der Waals surface area contributed by atoms with Gasteiger partial charge in [-0.05, 0) is 11.4 Å². The average molecular weight is 201 g/mol. The topological polar surface area (TPSA) is 72.5 Å². The van der Waals surface area contributed by atoms with Crippen LogP contribution in [0.15, 0.2) is 17.5 Å². The largest absolute Gasteiger partial charge is 0.459 e. The molecule has 0 spiro atoms. The molecule has 0 aliphatic carbocycles. The molecule has 1 aromatic heterocycles. The van der Waals surface area contributed by atoms with E-state index in [2.05, 4.69) is 0 Å². The van der Waals surface area contributed by atoms with E-state index in [4.69, 9.17) is 15.6 Å². The molecule has 4 nitrogen and oxygen atoms in total. The minimum Gasteiger partial charge on any atom is -0.459 e. The summed E-state index contributed by atoms with van der Waals surface area (Å²) in [4.78, 5) is 11.9. The fourth-order valence-corrected chi connectivity index (χ4v) is 1.33. The molecule has 0 amide bonds. The van der Waals surface area contributed by atoms with E-state index in [1.165, 1.54) is 11.3 Å². The van der Waals surface area contributed by atoms with Gasteiger partial charge < -0.3 is 15.6 Å². The van der Waals surface area contributed by atoms with E-state index in [1.54, 1.807) is 0 Å². The molecular weight excluding hydrogens is 190 g/mol. The third-order valence-corrected chi connectivity index (χ3v) is 2.29. The van der Waals surface area contributed by atoms with Crippen LogP contribution in [0, 0.1) is 0 Å². The molecule has 0 aromatic carbocycles. The molecule has 0 fully saturated rings. The van der Waals surface area contributed by atoms with Crippen LogP contribution in [0.4, 0.5) is 0 Å². The Morgan fingerprint density at radius 1 is 1.77 bits per heavy atom. The number of ether oxygens (including phenoxy) is 1. The van der Waals surface area contributed by atoms with Crippen LogP contribution in [-0.2, 0) is 16.1 Å². The van der Waals surface area contributed by atoms with Crippen molar-refractivity contribution >= 4 is 17.3 Å². The zero-order valence-electron chi connectivity index (χ0n) is 6.97. The Morgan fingerprint density at radius 3 is 3.08 bits per heavy atom. The van der Waals surface area contributed by atoms with E-state index < -0.39 is 12.0 Å². The molecule has 1 atom stereocenters. The Labute approximate surface area is 79.9 Å². The fourth-order valence-electron chi connectivity index (χ4n) is 0.719. The molecule has 0 saturated carbocycles. The molecular formula is C8H11NO3S. The van der Waals surface area contributed by atoms with Crippen molar-refractivity contribution in [2.45, 2.75) is 12.6 Å². The lowest BCUT2D eigenvalue weighted by Crippen LogP contribution is -2.35. The molecule has 13 heavy (non-hydrogen) atoms. The maximum absolute atomic E-state index is 11.0. The van der Waals surface area contributed by atoms with Gasteiger partial charge in [-0.3, -0.25) is 4.79 Å². The molecule has 0 saturated heterocycles. The van der Waals surface area contributed by atoms with Crippen LogP contribution in [-0.4, -0.2) is 23.7 Å². The molecule has 1 aromatic rings. The third-order valence-electron chi connectivity index (χ3n) is 1.44. The van der Waals surface area contributed by atoms with Gasteiger partial charge in [0.2, 0.25) is 0 Å². The minimum atomic E-state index is -0.931. The predicted octanol–water partition coefficient (Wildman–Crippen LogP) is 0.111. The summed E-state index contributed by atoms with van der Waals surface area (Å²) in [5.41, 5.74) is 5.23. The van der Waals surface area contributed by atoms with Crippen molar-refractivity contribution in [2.75, 3.05) is 6.61 Å². The zero-order valence-corrected chi connectivity index (χ0v) is 7.79. The molecule has 0 aliphatic rings. The molecule has 0 aliphatic heterocycles. The SMILES string of the molecule is N[C@H](CO)C(=O)OCc1cccs1. The Morgan fingerprint density at radius 2 is 2.54 bits per heavy atom. The van der Waals surface area contributed by atoms with Crippen molar-refractivity contribution in [3.8, 4) is 0 Å². The Hall–Kier alpha value is -0.910. The highest BCUT2D eigenvalue weighted by molar-refractivity contribution is 7.09. The Kier molecular flexibility index (Phi) is 3.88. The maximum Gasteiger partial charge on any atom is 0.325 e. The van der Waals surface area contributed by atoms with Crippen LogP contribution < -0.4 is 5.73 Å². The number of aliphatic hydroxyl groups excluding tert-OH is 1. The van der Waals surface area contributed by atoms with Crippen LogP contribution in [0.3, 0.4) is 0 Å². The smallest absolute Gasteiger partial charge is 0.325 e. The van der Waals surface area contributed by atoms with E-state index in [1.807, 2.05) is 17.5 Å². The molecule has 5 heteroatoms. The normalized spacial score (nSPS) is 12.5. The second kappa shape index (κ2) is 4.96. The van der Waals surface area contributed by atoms with Crippen molar-refractivity contribution in [3.63, 3.8) is 0 Å². The van der Waals surface area contributed by atoms with Gasteiger partial charge in [0.1, 0.15) is 12.6 Å². The van der Waals surface area contributed by atoms with Crippen LogP contribution in [0.25, 0.3) is 0 Å². The van der Waals surface area contributed by atoms with E-state index in [0.29, 0.717) is 0 Å². The van der Waals surface area contributed by atoms with Crippen molar-refractivity contribution in [1.29, 1.82) is 0 Å². The number of esters is 1. The van der Waals surface area contributed by atoms with Gasteiger partial charge in [-0.25, -0.2) is 0 Å². The summed E-state index contributed by atoms with van der Waals surface area (Å²) in [6, 6.07) is 2.81. The van der Waals surface area contributed by atoms with Gasteiger partial charge in [0.15, 0.2) is 0 Å². The monoisotopic (exact) mass is 201 g/mol. The Bertz CT molecular complexity index is 260. The number of thiophene rings is 1. The molecule has 72 valence electrons. The first kappa shape index (κ1) is 10.2. The molecule has 3 N–H and O–H groups in total. The molecule has 1 rings (SSSR count). The number of carbonyl (C=O) groups excluding carboxylic acids is 1. The third kappa shape index (κ3) is 3.14. The average Bonchev–Trinajstić information content (AvgIpc) is 2.65. The highest BCUT2D eigenvalue weighted by Crippen LogP contribution is 2.09. The maximum atomic E-state index is 11.0. The van der Waals surface area contributed by atoms with Crippen LogP contribution >= 0.6 is 11.3 Å². The van der Waals surface area contributed by atoms with Gasteiger partial charge in [-0.2, -0.15) is 0 Å². The summed E-state index contributed by atoms with van der Waals surface area (Å²) in [5.74, 6) is -0.573. The van der Waals surface area contributed by atoms with Gasteiger partial charge in [0.05, 0.1) is 6.61 Å². The van der Waals surface area contributed by atoms with Crippen molar-refractivity contribution in [3.05, 3.63) is 22.4 Å². The van der Waals surface area contributed by atoms with Gasteiger partial charge in [0.25, 0.3) is 0 Å². The second-order valence-electron chi connectivity index (χ2n) is 2.48. The number of aliphatic hydroxyl groups is 1. The second-order valence-corrected chi connectivity index (χ2v) is 3.51. The van der Waals surface area contributed by atoms with Gasteiger partial charge in [-0.15, -0.1) is 11.3 Å². The summed E-state index contributed by atoms with van der Waals surface area (Å²) < 4.78 is 4.83. The Balaban J connectivity index is 2.31. The van der Waals surface area contributed by atoms with E-state index in [0.717, 1.165) is 4.88 Å². The van der Waals surface area contributed by atoms with Gasteiger partial charge in [-0.1, -0.05) is 6.07 Å². The highest BCUT2D eigenvalue weighted by atomic mass is 32.1. The van der Waals surface area contributed by atoms with E-state index >= 15 is 0 Å². The lowest BCUT2D eigenvalue weighted by molar-refractivity contribution is -0.147. The van der Waals surface area contributed by atoms with Crippen molar-refractivity contribution in [2.24, 2.45) is 5.73 Å². The molecule has 0 bridgehead atoms. The molecule has 0 radical (unpaired) electrons. The number of carbonyl (C=O) groups is 1. The van der Waals surface area contributed by atoms with Crippen LogP contribution in [0.1, 0.15) is 4.88 Å². The zero-order chi connectivity index (χ0) is 9.68. The standard InChI is InChI=1S/C8H11NO3S/c9-7(4-10)8(11)12-5-6-2-1-3-13-6/h1-3,7,10H,4-5,9H2/t7-/m1/s1. The summed E-state index contributed by atoms with van der Waals surface area (Å²) in [6.45, 7) is -0.159. The highest BCUT2D eigenvalue weighted by Gasteiger charge is 2.13. The minimum absolute atomic E-state index is 0.226. The first-order valence-corrected chi connectivity index (χ1v) is 4.67. The van der Waals surface area contributed by atoms with Gasteiger partial charge >= 0.3 is 5.97 Å². The first-order chi connectivity index (χ1) is 6.24. The number of hydrogen-bond acceptors (Lipinski definition) is 5. The summed E-state index contributed by atoms with van der Waals surface area (Å²) in [7, 11) is 0. The summed E-state index contributed by atoms with van der Waals surface area (Å²) >= 11 is 1.50. The predicted molar refractivity (Wildman–Crippen MR) is 49.2 cm³/mol. The molecule has 0 unspecified atom stereocenters. The lowest BCUT2D eigenvalue weighted by Gasteiger charge is -2.07. The van der Waals surface area contributed by atoms with E-state index in [9.17, 15) is 4.79 Å². The summed E-state index contributed by atoms with van der Waals surface area (Å²) in [5, 5.41) is 10.4. The lowest BCUT2D eigenvalue weighted by atomic mass is 10.3. The van der Waals surface area contributed by atoms with Gasteiger partial charge in [0, 0.05) is 4.88 Å². The van der Waals surface area contributed by atoms with Crippen LogP contribution in [0.5, 0.6) is 0 Å². The number of rotatable bonds is 4. The van der Waals surface area contributed by atoms with E-state index in [-0.39, 0.29) is 13.2 Å². The number of hydrogen-bond donors (Lipinski definition) is 2.